The number of aromatic nitrogens is 4. The molecule has 0 saturated heterocycles. The SMILES string of the molecule is CC(C)(C)c1ccc(-n2c(-c3ccccc3O)nc3c(-c4[c-]c(-c5cc6c7ccccc7n(-c7ccccc7)c6cn5)ccc4)cccc32)c(-c2ccccc2)c1.[Pt]. The molecule has 284 valence electrons. The van der Waals surface area contributed by atoms with Crippen molar-refractivity contribution < 1.29 is 26.2 Å². The molecule has 0 aliphatic carbocycles. The van der Waals surface area contributed by atoms with Gasteiger partial charge < -0.3 is 9.67 Å². The fourth-order valence-corrected chi connectivity index (χ4v) is 8.10. The topological polar surface area (TPSA) is 55.9 Å². The molecule has 0 amide bonds. The van der Waals surface area contributed by atoms with Crippen LogP contribution >= 0.6 is 0 Å². The fraction of sp³-hybridized carbons (Fsp3) is 0.0769. The minimum absolute atomic E-state index is 0. The predicted molar refractivity (Wildman–Crippen MR) is 234 cm³/mol. The zero-order valence-corrected chi connectivity index (χ0v) is 34.6. The first-order valence-electron chi connectivity index (χ1n) is 19.3. The molecule has 0 aliphatic heterocycles. The Morgan fingerprint density at radius 1 is 0.552 bits per heavy atom. The summed E-state index contributed by atoms with van der Waals surface area (Å²) < 4.78 is 4.48. The molecule has 0 spiro atoms. The molecule has 0 aliphatic rings. The van der Waals surface area contributed by atoms with Crippen LogP contribution in [0.1, 0.15) is 26.3 Å². The Labute approximate surface area is 352 Å². The van der Waals surface area contributed by atoms with Crippen LogP contribution in [-0.4, -0.2) is 24.2 Å². The van der Waals surface area contributed by atoms with Gasteiger partial charge in [-0.05, 0) is 65.1 Å². The molecule has 3 aromatic heterocycles. The third-order valence-corrected chi connectivity index (χ3v) is 11.0. The van der Waals surface area contributed by atoms with Gasteiger partial charge in [-0.2, -0.15) is 0 Å². The van der Waals surface area contributed by atoms with Crippen LogP contribution in [0.3, 0.4) is 0 Å². The molecular weight excluding hydrogens is 892 g/mol. The van der Waals surface area contributed by atoms with Crippen molar-refractivity contribution in [2.75, 3.05) is 0 Å². The number of aromatic hydroxyl groups is 1. The van der Waals surface area contributed by atoms with E-state index in [0.29, 0.717) is 11.4 Å². The molecule has 0 radical (unpaired) electrons. The molecule has 6 heteroatoms. The first-order valence-corrected chi connectivity index (χ1v) is 19.3. The van der Waals surface area contributed by atoms with Gasteiger partial charge in [-0.3, -0.25) is 9.55 Å². The van der Waals surface area contributed by atoms with Crippen LogP contribution in [0.2, 0.25) is 0 Å². The smallest absolute Gasteiger partial charge is 0.148 e. The second-order valence-electron chi connectivity index (χ2n) is 15.6. The van der Waals surface area contributed by atoms with Crippen molar-refractivity contribution in [3.05, 3.63) is 188 Å². The molecule has 58 heavy (non-hydrogen) atoms. The van der Waals surface area contributed by atoms with Crippen molar-refractivity contribution in [2.45, 2.75) is 26.2 Å². The molecule has 3 heterocycles. The number of rotatable bonds is 6. The summed E-state index contributed by atoms with van der Waals surface area (Å²) in [6.07, 6.45) is 1.98. The van der Waals surface area contributed by atoms with Gasteiger partial charge in [-0.25, -0.2) is 4.98 Å². The van der Waals surface area contributed by atoms with Crippen LogP contribution in [0.15, 0.2) is 176 Å². The number of hydrogen-bond acceptors (Lipinski definition) is 3. The fourth-order valence-electron chi connectivity index (χ4n) is 8.10. The maximum atomic E-state index is 11.3. The molecule has 10 aromatic rings. The van der Waals surface area contributed by atoms with Gasteiger partial charge in [0, 0.05) is 55.0 Å². The van der Waals surface area contributed by atoms with E-state index in [4.69, 9.17) is 9.97 Å². The Morgan fingerprint density at radius 2 is 1.22 bits per heavy atom. The minimum atomic E-state index is -0.0496. The van der Waals surface area contributed by atoms with Crippen molar-refractivity contribution in [2.24, 2.45) is 0 Å². The number of phenols is 1. The van der Waals surface area contributed by atoms with E-state index in [1.165, 1.54) is 10.9 Å². The number of phenolic OH excluding ortho intramolecular Hbond substituents is 1. The average molecular weight is 931 g/mol. The first kappa shape index (κ1) is 37.0. The van der Waals surface area contributed by atoms with Gasteiger partial charge in [0.1, 0.15) is 11.6 Å². The van der Waals surface area contributed by atoms with Crippen LogP contribution in [0.4, 0.5) is 0 Å². The van der Waals surface area contributed by atoms with Gasteiger partial charge in [0.25, 0.3) is 0 Å². The molecule has 1 N–H and O–H groups in total. The summed E-state index contributed by atoms with van der Waals surface area (Å²) in [4.78, 5) is 10.4. The van der Waals surface area contributed by atoms with E-state index in [2.05, 4.69) is 169 Å². The summed E-state index contributed by atoms with van der Waals surface area (Å²) in [6, 6.07) is 62.1. The van der Waals surface area contributed by atoms with Crippen molar-refractivity contribution in [1.29, 1.82) is 0 Å². The number of fused-ring (bicyclic) bond motifs is 4. The summed E-state index contributed by atoms with van der Waals surface area (Å²) in [5.74, 6) is 0.834. The molecule has 0 atom stereocenters. The van der Waals surface area contributed by atoms with Gasteiger partial charge >= 0.3 is 0 Å². The first-order chi connectivity index (χ1) is 27.8. The molecule has 0 saturated carbocycles. The predicted octanol–water partition coefficient (Wildman–Crippen LogP) is 13.0. The third-order valence-electron chi connectivity index (χ3n) is 11.0. The van der Waals surface area contributed by atoms with Crippen molar-refractivity contribution in [1.82, 2.24) is 19.1 Å². The Hall–Kier alpha value is -6.55. The Kier molecular flexibility index (Phi) is 9.42. The van der Waals surface area contributed by atoms with Crippen molar-refractivity contribution >= 4 is 32.8 Å². The Morgan fingerprint density at radius 3 is 2.02 bits per heavy atom. The molecule has 0 fully saturated rings. The number of hydrogen-bond donors (Lipinski definition) is 1. The van der Waals surface area contributed by atoms with E-state index in [-0.39, 0.29) is 32.2 Å². The number of para-hydroxylation sites is 4. The van der Waals surface area contributed by atoms with Crippen LogP contribution in [0.5, 0.6) is 5.75 Å². The van der Waals surface area contributed by atoms with Crippen LogP contribution in [0.25, 0.3) is 89.1 Å². The maximum absolute atomic E-state index is 11.3. The quantitative estimate of drug-likeness (QED) is 0.169. The maximum Gasteiger partial charge on any atom is 0.148 e. The molecule has 0 unspecified atom stereocenters. The summed E-state index contributed by atoms with van der Waals surface area (Å²) in [7, 11) is 0. The van der Waals surface area contributed by atoms with Gasteiger partial charge in [-0.15, -0.1) is 29.8 Å². The number of imidazole rings is 1. The summed E-state index contributed by atoms with van der Waals surface area (Å²) in [5.41, 5.74) is 13.7. The van der Waals surface area contributed by atoms with Gasteiger partial charge in [-0.1, -0.05) is 135 Å². The number of nitrogens with zero attached hydrogens (tertiary/aromatic N) is 4. The Bertz CT molecular complexity index is 3120. The summed E-state index contributed by atoms with van der Waals surface area (Å²) in [6.45, 7) is 6.72. The van der Waals surface area contributed by atoms with E-state index in [1.807, 2.05) is 36.5 Å². The number of pyridine rings is 1. The summed E-state index contributed by atoms with van der Waals surface area (Å²) in [5, 5.41) is 13.6. The van der Waals surface area contributed by atoms with Crippen LogP contribution < -0.4 is 0 Å². The zero-order valence-electron chi connectivity index (χ0n) is 32.3. The van der Waals surface area contributed by atoms with E-state index in [9.17, 15) is 5.11 Å². The number of benzene rings is 7. The van der Waals surface area contributed by atoms with E-state index in [1.54, 1.807) is 6.07 Å². The summed E-state index contributed by atoms with van der Waals surface area (Å²) >= 11 is 0. The molecule has 7 aromatic carbocycles. The van der Waals surface area contributed by atoms with Crippen molar-refractivity contribution in [3.63, 3.8) is 0 Å². The molecular formula is C52H39N4OPt-. The van der Waals surface area contributed by atoms with E-state index < -0.39 is 0 Å². The molecule has 10 rings (SSSR count). The molecule has 5 nitrogen and oxygen atoms in total. The van der Waals surface area contributed by atoms with Crippen LogP contribution in [-0.2, 0) is 26.5 Å². The van der Waals surface area contributed by atoms with Gasteiger partial charge in [0.05, 0.1) is 33.3 Å². The third kappa shape index (κ3) is 6.33. The second-order valence-corrected chi connectivity index (χ2v) is 15.6. The second kappa shape index (κ2) is 14.8. The normalized spacial score (nSPS) is 11.6. The average Bonchev–Trinajstić information content (AvgIpc) is 3.80. The van der Waals surface area contributed by atoms with E-state index >= 15 is 0 Å². The standard InChI is InChI=1S/C52H39N4O.Pt/c1-52(2,3)37-28-29-46(42(31-37)34-16-6-4-7-17-34)56-47-26-15-24-39(50(47)54-51(56)41-23-11-13-27-49(41)57)35-18-14-19-36(30-35)44-32-43-40-22-10-12-25-45(40)55(48(43)33-53-44)38-20-8-5-9-21-38;/h4-29,31-33,57H,1-3H3;/q-1;. The minimum Gasteiger partial charge on any atom is -0.507 e. The molecule has 0 bridgehead atoms. The van der Waals surface area contributed by atoms with Gasteiger partial charge in [0.15, 0.2) is 0 Å². The Balaban J connectivity index is 0.00000436. The van der Waals surface area contributed by atoms with Crippen LogP contribution in [0, 0.1) is 6.07 Å². The van der Waals surface area contributed by atoms with E-state index in [0.717, 1.165) is 72.3 Å². The largest absolute Gasteiger partial charge is 0.507 e. The van der Waals surface area contributed by atoms with Gasteiger partial charge in [0.2, 0.25) is 0 Å². The zero-order chi connectivity index (χ0) is 38.7. The van der Waals surface area contributed by atoms with Crippen molar-refractivity contribution in [3.8, 4) is 62.0 Å². The monoisotopic (exact) mass is 930 g/mol.